The van der Waals surface area contributed by atoms with Gasteiger partial charge in [0, 0.05) is 24.2 Å². The fraction of sp³-hybridized carbons (Fsp3) is 0.136. The summed E-state index contributed by atoms with van der Waals surface area (Å²) in [5.74, 6) is 0. The zero-order valence-electron chi connectivity index (χ0n) is 17.9. The molecular formula is C22H20N4O6S2. The van der Waals surface area contributed by atoms with E-state index in [1.165, 1.54) is 30.3 Å². The molecule has 0 aromatic heterocycles. The molecule has 1 unspecified atom stereocenters. The first-order valence-electron chi connectivity index (χ1n) is 10.0. The van der Waals surface area contributed by atoms with Gasteiger partial charge in [-0.15, -0.1) is 0 Å². The minimum Gasteiger partial charge on any atom is -0.284 e. The van der Waals surface area contributed by atoms with E-state index in [1.807, 2.05) is 0 Å². The number of benzene rings is 3. The molecule has 0 saturated heterocycles. The molecule has 0 radical (unpaired) electrons. The Labute approximate surface area is 196 Å². The Kier molecular flexibility index (Phi) is 6.11. The van der Waals surface area contributed by atoms with Crippen molar-refractivity contribution < 1.29 is 21.8 Å². The summed E-state index contributed by atoms with van der Waals surface area (Å²) in [4.78, 5) is 10.8. The smallest absolute Gasteiger partial charge is 0.279 e. The number of hydrogen-bond donors (Lipinski definition) is 1. The lowest BCUT2D eigenvalue weighted by molar-refractivity contribution is -0.384. The van der Waals surface area contributed by atoms with Crippen molar-refractivity contribution in [3.63, 3.8) is 0 Å². The van der Waals surface area contributed by atoms with Gasteiger partial charge >= 0.3 is 0 Å². The molecule has 1 aliphatic rings. The first-order chi connectivity index (χ1) is 16.0. The second-order valence-corrected chi connectivity index (χ2v) is 11.2. The lowest BCUT2D eigenvalue weighted by Crippen LogP contribution is -2.27. The molecule has 0 bridgehead atoms. The first-order valence-corrected chi connectivity index (χ1v) is 13.4. The Morgan fingerprint density at radius 3 is 2.26 bits per heavy atom. The molecule has 3 aromatic carbocycles. The van der Waals surface area contributed by atoms with Crippen LogP contribution in [0.4, 0.5) is 11.4 Å². The van der Waals surface area contributed by atoms with Crippen LogP contribution in [0.15, 0.2) is 88.9 Å². The normalized spacial score (nSPS) is 16.2. The molecule has 176 valence electrons. The number of nitro groups is 1. The van der Waals surface area contributed by atoms with E-state index in [2.05, 4.69) is 9.82 Å². The molecule has 1 N–H and O–H groups in total. The SMILES string of the molecule is CS(=O)(=O)Nc1ccc(C2=NN(S(=O)(=O)c3ccccc3)C(c3cccc([N+](=O)[O-])c3)C2)cc1. The second-order valence-electron chi connectivity index (χ2n) is 7.66. The van der Waals surface area contributed by atoms with E-state index in [-0.39, 0.29) is 17.0 Å². The molecule has 4 rings (SSSR count). The van der Waals surface area contributed by atoms with Gasteiger partial charge in [-0.05, 0) is 35.4 Å². The van der Waals surface area contributed by atoms with E-state index in [4.69, 9.17) is 0 Å². The van der Waals surface area contributed by atoms with Gasteiger partial charge < -0.3 is 0 Å². The number of nitro benzene ring substituents is 1. The lowest BCUT2D eigenvalue weighted by atomic mass is 9.99. The van der Waals surface area contributed by atoms with Gasteiger partial charge in [-0.3, -0.25) is 14.8 Å². The third-order valence-corrected chi connectivity index (χ3v) is 7.45. The first kappa shape index (κ1) is 23.4. The fourth-order valence-corrected chi connectivity index (χ4v) is 5.64. The standard InChI is InChI=1S/C22H20N4O6S2/c1-33(29,30)24-18-12-10-16(11-13-18)21-15-22(17-6-5-7-19(14-17)26(27)28)25(23-21)34(31,32)20-8-3-2-4-9-20/h2-14,22,24H,15H2,1H3. The van der Waals surface area contributed by atoms with Crippen molar-refractivity contribution in [3.05, 3.63) is 100 Å². The highest BCUT2D eigenvalue weighted by molar-refractivity contribution is 7.92. The van der Waals surface area contributed by atoms with Crippen LogP contribution in [0.5, 0.6) is 0 Å². The predicted octanol–water partition coefficient (Wildman–Crippen LogP) is 3.51. The van der Waals surface area contributed by atoms with Crippen LogP contribution in [-0.2, 0) is 20.0 Å². The van der Waals surface area contributed by atoms with Crippen LogP contribution in [0, 0.1) is 10.1 Å². The molecule has 0 aliphatic carbocycles. The summed E-state index contributed by atoms with van der Waals surface area (Å²) in [5, 5.41) is 15.7. The summed E-state index contributed by atoms with van der Waals surface area (Å²) in [6.07, 6.45) is 1.21. The highest BCUT2D eigenvalue weighted by atomic mass is 32.2. The summed E-state index contributed by atoms with van der Waals surface area (Å²) in [6, 6.07) is 19.2. The molecule has 0 saturated carbocycles. The maximum Gasteiger partial charge on any atom is 0.279 e. The number of nitrogens with zero attached hydrogens (tertiary/aromatic N) is 3. The second kappa shape index (κ2) is 8.88. The van der Waals surface area contributed by atoms with Crippen LogP contribution in [-0.4, -0.2) is 38.1 Å². The minimum absolute atomic E-state index is 0.0446. The largest absolute Gasteiger partial charge is 0.284 e. The van der Waals surface area contributed by atoms with Crippen molar-refractivity contribution in [2.24, 2.45) is 5.10 Å². The topological polar surface area (TPSA) is 139 Å². The Hall–Kier alpha value is -3.77. The monoisotopic (exact) mass is 500 g/mol. The Morgan fingerprint density at radius 2 is 1.65 bits per heavy atom. The average Bonchev–Trinajstić information content (AvgIpc) is 3.26. The van der Waals surface area contributed by atoms with Gasteiger partial charge in [-0.25, -0.2) is 8.42 Å². The Bertz CT molecular complexity index is 1470. The number of non-ortho nitro benzene ring substituents is 1. The number of hydrogen-bond acceptors (Lipinski definition) is 7. The quantitative estimate of drug-likeness (QED) is 0.389. The van der Waals surface area contributed by atoms with Crippen LogP contribution >= 0.6 is 0 Å². The van der Waals surface area contributed by atoms with Crippen LogP contribution in [0.3, 0.4) is 0 Å². The third-order valence-electron chi connectivity index (χ3n) is 5.15. The average molecular weight is 501 g/mol. The van der Waals surface area contributed by atoms with Crippen LogP contribution in [0.25, 0.3) is 0 Å². The summed E-state index contributed by atoms with van der Waals surface area (Å²) in [5.41, 5.74) is 1.68. The van der Waals surface area contributed by atoms with Crippen molar-refractivity contribution in [3.8, 4) is 0 Å². The number of anilines is 1. The molecule has 0 fully saturated rings. The highest BCUT2D eigenvalue weighted by Crippen LogP contribution is 2.38. The van der Waals surface area contributed by atoms with Crippen molar-refractivity contribution in [2.75, 3.05) is 11.0 Å². The van der Waals surface area contributed by atoms with Crippen LogP contribution in [0.2, 0.25) is 0 Å². The van der Waals surface area contributed by atoms with Gasteiger partial charge in [0.1, 0.15) is 0 Å². The number of rotatable bonds is 7. The van der Waals surface area contributed by atoms with E-state index in [0.717, 1.165) is 10.7 Å². The van der Waals surface area contributed by atoms with Crippen molar-refractivity contribution in [1.29, 1.82) is 0 Å². The van der Waals surface area contributed by atoms with E-state index < -0.39 is 31.0 Å². The van der Waals surface area contributed by atoms with Gasteiger partial charge in [0.25, 0.3) is 15.7 Å². The third kappa shape index (κ3) is 4.92. The number of hydrazone groups is 1. The molecule has 12 heteroatoms. The Balaban J connectivity index is 1.76. The van der Waals surface area contributed by atoms with Crippen molar-refractivity contribution >= 4 is 37.1 Å². The highest BCUT2D eigenvalue weighted by Gasteiger charge is 2.38. The van der Waals surface area contributed by atoms with Crippen LogP contribution in [0.1, 0.15) is 23.6 Å². The maximum absolute atomic E-state index is 13.4. The molecular weight excluding hydrogens is 480 g/mol. The zero-order chi connectivity index (χ0) is 24.5. The van der Waals surface area contributed by atoms with Gasteiger partial charge in [0.15, 0.2) is 0 Å². The fourth-order valence-electron chi connectivity index (χ4n) is 3.62. The predicted molar refractivity (Wildman–Crippen MR) is 127 cm³/mol. The molecule has 1 heterocycles. The summed E-state index contributed by atoms with van der Waals surface area (Å²) in [7, 11) is -7.50. The van der Waals surface area contributed by atoms with Crippen molar-refractivity contribution in [2.45, 2.75) is 17.4 Å². The Morgan fingerprint density at radius 1 is 0.971 bits per heavy atom. The summed E-state index contributed by atoms with van der Waals surface area (Å²) < 4.78 is 53.1. The van der Waals surface area contributed by atoms with Gasteiger partial charge in [-0.2, -0.15) is 17.9 Å². The molecule has 3 aromatic rings. The lowest BCUT2D eigenvalue weighted by Gasteiger charge is -2.23. The van der Waals surface area contributed by atoms with E-state index >= 15 is 0 Å². The maximum atomic E-state index is 13.4. The molecule has 1 aliphatic heterocycles. The van der Waals surface area contributed by atoms with Gasteiger partial charge in [-0.1, -0.05) is 42.5 Å². The molecule has 34 heavy (non-hydrogen) atoms. The molecule has 0 amide bonds. The molecule has 1 atom stereocenters. The number of nitrogens with one attached hydrogen (secondary N) is 1. The van der Waals surface area contributed by atoms with Crippen LogP contribution < -0.4 is 4.72 Å². The zero-order valence-corrected chi connectivity index (χ0v) is 19.5. The molecule has 0 spiro atoms. The van der Waals surface area contributed by atoms with E-state index in [0.29, 0.717) is 22.5 Å². The van der Waals surface area contributed by atoms with E-state index in [1.54, 1.807) is 48.5 Å². The van der Waals surface area contributed by atoms with Crippen molar-refractivity contribution in [1.82, 2.24) is 4.41 Å². The summed E-state index contributed by atoms with van der Waals surface area (Å²) >= 11 is 0. The molecule has 10 nitrogen and oxygen atoms in total. The van der Waals surface area contributed by atoms with Gasteiger partial charge in [0.2, 0.25) is 10.0 Å². The summed E-state index contributed by atoms with van der Waals surface area (Å²) in [6.45, 7) is 0. The number of sulfonamides is 2. The van der Waals surface area contributed by atoms with Gasteiger partial charge in [0.05, 0.1) is 27.8 Å². The minimum atomic E-state index is -4.06. The van der Waals surface area contributed by atoms with E-state index in [9.17, 15) is 26.9 Å².